The van der Waals surface area contributed by atoms with Crippen molar-refractivity contribution in [2.75, 3.05) is 24.6 Å². The van der Waals surface area contributed by atoms with Crippen LogP contribution in [0.1, 0.15) is 25.5 Å². The van der Waals surface area contributed by atoms with E-state index >= 15 is 0 Å². The number of rotatable bonds is 7. The van der Waals surface area contributed by atoms with Crippen molar-refractivity contribution < 1.29 is 10.3 Å². The van der Waals surface area contributed by atoms with Gasteiger partial charge in [-0.05, 0) is 6.42 Å². The molecule has 0 aliphatic heterocycles. The van der Waals surface area contributed by atoms with Gasteiger partial charge in [-0.1, -0.05) is 18.5 Å². The number of hydrogen-bond acceptors (Lipinski definition) is 6. The molecule has 0 amide bonds. The highest BCUT2D eigenvalue weighted by atomic mass is 16.4. The molecular weight excluding hydrogens is 234 g/mol. The van der Waals surface area contributed by atoms with Crippen LogP contribution in [0.2, 0.25) is 0 Å². The van der Waals surface area contributed by atoms with Gasteiger partial charge in [0.1, 0.15) is 0 Å². The van der Waals surface area contributed by atoms with E-state index in [1.165, 1.54) is 6.20 Å². The predicted molar refractivity (Wildman–Crippen MR) is 68.7 cm³/mol. The van der Waals surface area contributed by atoms with Gasteiger partial charge in [0, 0.05) is 25.5 Å². The third kappa shape index (κ3) is 3.56. The van der Waals surface area contributed by atoms with Crippen molar-refractivity contribution in [1.29, 1.82) is 0 Å². The lowest BCUT2D eigenvalue weighted by molar-refractivity contribution is 0.301. The standard InChI is InChI=1S/C11H19N5O2/c1-2-3-6-16(7-8-17)11-9(10(12)15-18)13-4-5-14-11/h4-5,17-18H,2-3,6-8H2,1H3,(H2,12,15). The third-order valence-corrected chi connectivity index (χ3v) is 2.48. The Hall–Kier alpha value is -1.89. The van der Waals surface area contributed by atoms with Crippen LogP contribution < -0.4 is 10.6 Å². The normalized spacial score (nSPS) is 11.6. The quantitative estimate of drug-likeness (QED) is 0.277. The van der Waals surface area contributed by atoms with Crippen molar-refractivity contribution in [3.8, 4) is 0 Å². The molecule has 1 heterocycles. The van der Waals surface area contributed by atoms with Crippen molar-refractivity contribution in [2.24, 2.45) is 10.9 Å². The van der Waals surface area contributed by atoms with E-state index in [1.54, 1.807) is 6.20 Å². The molecule has 0 aliphatic carbocycles. The predicted octanol–water partition coefficient (Wildman–Crippen LogP) is 0.170. The van der Waals surface area contributed by atoms with E-state index in [2.05, 4.69) is 22.0 Å². The zero-order valence-electron chi connectivity index (χ0n) is 10.5. The first-order chi connectivity index (χ1) is 8.74. The molecule has 18 heavy (non-hydrogen) atoms. The Morgan fingerprint density at radius 2 is 2.11 bits per heavy atom. The molecule has 0 aromatic carbocycles. The monoisotopic (exact) mass is 253 g/mol. The van der Waals surface area contributed by atoms with E-state index in [-0.39, 0.29) is 12.4 Å². The summed E-state index contributed by atoms with van der Waals surface area (Å²) in [5.41, 5.74) is 5.89. The highest BCUT2D eigenvalue weighted by Crippen LogP contribution is 2.15. The molecular formula is C11H19N5O2. The summed E-state index contributed by atoms with van der Waals surface area (Å²) in [5.74, 6) is 0.438. The van der Waals surface area contributed by atoms with Crippen LogP contribution >= 0.6 is 0 Å². The second-order valence-electron chi connectivity index (χ2n) is 3.78. The van der Waals surface area contributed by atoms with Crippen molar-refractivity contribution in [2.45, 2.75) is 19.8 Å². The lowest BCUT2D eigenvalue weighted by atomic mass is 10.3. The van der Waals surface area contributed by atoms with E-state index in [4.69, 9.17) is 16.0 Å². The average Bonchev–Trinajstić information content (AvgIpc) is 2.42. The minimum absolute atomic E-state index is 0.00982. The van der Waals surface area contributed by atoms with Gasteiger partial charge in [-0.15, -0.1) is 0 Å². The fourth-order valence-corrected chi connectivity index (χ4v) is 1.58. The van der Waals surface area contributed by atoms with Gasteiger partial charge in [-0.2, -0.15) is 0 Å². The maximum absolute atomic E-state index is 9.08. The molecule has 1 aromatic rings. The number of nitrogens with two attached hydrogens (primary N) is 1. The number of aromatic nitrogens is 2. The number of hydrogen-bond donors (Lipinski definition) is 3. The zero-order chi connectivity index (χ0) is 13.4. The summed E-state index contributed by atoms with van der Waals surface area (Å²) < 4.78 is 0. The summed E-state index contributed by atoms with van der Waals surface area (Å²) in [4.78, 5) is 10.1. The molecule has 0 radical (unpaired) electrons. The molecule has 100 valence electrons. The molecule has 1 rings (SSSR count). The molecule has 0 saturated carbocycles. The number of amidine groups is 1. The third-order valence-electron chi connectivity index (χ3n) is 2.48. The lowest BCUT2D eigenvalue weighted by Crippen LogP contribution is -2.32. The Bertz CT molecular complexity index is 397. The minimum atomic E-state index is -0.0856. The van der Waals surface area contributed by atoms with Crippen LogP contribution in [0.4, 0.5) is 5.82 Å². The molecule has 0 aliphatic rings. The van der Waals surface area contributed by atoms with E-state index in [0.29, 0.717) is 18.1 Å². The molecule has 7 heteroatoms. The summed E-state index contributed by atoms with van der Waals surface area (Å²) >= 11 is 0. The first-order valence-corrected chi connectivity index (χ1v) is 5.89. The Morgan fingerprint density at radius 1 is 1.39 bits per heavy atom. The maximum Gasteiger partial charge on any atom is 0.192 e. The second-order valence-corrected chi connectivity index (χ2v) is 3.78. The van der Waals surface area contributed by atoms with Gasteiger partial charge in [0.2, 0.25) is 0 Å². The highest BCUT2D eigenvalue weighted by Gasteiger charge is 2.16. The van der Waals surface area contributed by atoms with Gasteiger partial charge in [0.25, 0.3) is 0 Å². The van der Waals surface area contributed by atoms with Crippen molar-refractivity contribution in [3.05, 3.63) is 18.1 Å². The van der Waals surface area contributed by atoms with Gasteiger partial charge in [0.05, 0.1) is 6.61 Å². The number of aliphatic hydroxyl groups is 1. The Balaban J connectivity index is 3.02. The van der Waals surface area contributed by atoms with Crippen LogP contribution in [-0.4, -0.2) is 45.8 Å². The number of unbranched alkanes of at least 4 members (excludes halogenated alkanes) is 1. The van der Waals surface area contributed by atoms with Crippen molar-refractivity contribution in [3.63, 3.8) is 0 Å². The molecule has 0 bridgehead atoms. The van der Waals surface area contributed by atoms with E-state index in [0.717, 1.165) is 19.4 Å². The van der Waals surface area contributed by atoms with Gasteiger partial charge < -0.3 is 20.9 Å². The van der Waals surface area contributed by atoms with Gasteiger partial charge >= 0.3 is 0 Å². The topological polar surface area (TPSA) is 108 Å². The first kappa shape index (κ1) is 14.2. The minimum Gasteiger partial charge on any atom is -0.409 e. The van der Waals surface area contributed by atoms with E-state index < -0.39 is 0 Å². The summed E-state index contributed by atoms with van der Waals surface area (Å²) in [6.07, 6.45) is 5.01. The van der Waals surface area contributed by atoms with Crippen LogP contribution in [0.3, 0.4) is 0 Å². The van der Waals surface area contributed by atoms with Crippen LogP contribution in [0.5, 0.6) is 0 Å². The van der Waals surface area contributed by atoms with Crippen LogP contribution in [0.15, 0.2) is 17.5 Å². The molecule has 0 atom stereocenters. The Kier molecular flexibility index (Phi) is 5.86. The van der Waals surface area contributed by atoms with Crippen LogP contribution in [-0.2, 0) is 0 Å². The number of aliphatic hydroxyl groups excluding tert-OH is 1. The summed E-state index contributed by atoms with van der Waals surface area (Å²) in [5, 5.41) is 20.8. The summed E-state index contributed by atoms with van der Waals surface area (Å²) in [6.45, 7) is 3.26. The SMILES string of the molecule is CCCCN(CCO)c1nccnc1C(N)=NO. The summed E-state index contributed by atoms with van der Waals surface area (Å²) in [6, 6.07) is 0. The molecule has 1 aromatic heterocycles. The molecule has 0 unspecified atom stereocenters. The Morgan fingerprint density at radius 3 is 2.72 bits per heavy atom. The fraction of sp³-hybridized carbons (Fsp3) is 0.545. The average molecular weight is 253 g/mol. The molecule has 0 saturated heterocycles. The molecule has 0 fully saturated rings. The van der Waals surface area contributed by atoms with E-state index in [9.17, 15) is 0 Å². The van der Waals surface area contributed by atoms with E-state index in [1.807, 2.05) is 4.90 Å². The fourth-order valence-electron chi connectivity index (χ4n) is 1.58. The second kappa shape index (κ2) is 7.44. The lowest BCUT2D eigenvalue weighted by Gasteiger charge is -2.23. The van der Waals surface area contributed by atoms with Crippen LogP contribution in [0.25, 0.3) is 0 Å². The number of oxime groups is 1. The van der Waals surface area contributed by atoms with Crippen molar-refractivity contribution in [1.82, 2.24) is 9.97 Å². The molecule has 7 nitrogen and oxygen atoms in total. The summed E-state index contributed by atoms with van der Waals surface area (Å²) in [7, 11) is 0. The number of anilines is 1. The number of nitrogens with zero attached hydrogens (tertiary/aromatic N) is 4. The largest absolute Gasteiger partial charge is 0.409 e. The van der Waals surface area contributed by atoms with Crippen molar-refractivity contribution >= 4 is 11.7 Å². The Labute approximate surface area is 106 Å². The maximum atomic E-state index is 9.08. The van der Waals surface area contributed by atoms with Crippen LogP contribution in [0, 0.1) is 0 Å². The van der Waals surface area contributed by atoms with Gasteiger partial charge in [-0.25, -0.2) is 9.97 Å². The first-order valence-electron chi connectivity index (χ1n) is 5.89. The smallest absolute Gasteiger partial charge is 0.192 e. The van der Waals surface area contributed by atoms with Gasteiger partial charge in [-0.3, -0.25) is 0 Å². The highest BCUT2D eigenvalue weighted by molar-refractivity contribution is 5.99. The molecule has 0 spiro atoms. The van der Waals surface area contributed by atoms with Gasteiger partial charge in [0.15, 0.2) is 17.3 Å². The zero-order valence-corrected chi connectivity index (χ0v) is 10.5. The molecule has 4 N–H and O–H groups in total.